The van der Waals surface area contributed by atoms with Gasteiger partial charge in [0.1, 0.15) is 4.99 Å². The molecule has 2 aromatic rings. The van der Waals surface area contributed by atoms with E-state index < -0.39 is 0 Å². The van der Waals surface area contributed by atoms with Crippen LogP contribution >= 0.6 is 35.2 Å². The lowest BCUT2D eigenvalue weighted by molar-refractivity contribution is 0.103. The molecule has 3 N–H and O–H groups in total. The van der Waals surface area contributed by atoms with Crippen molar-refractivity contribution < 1.29 is 4.79 Å². The molecule has 0 aliphatic rings. The van der Waals surface area contributed by atoms with E-state index in [1.807, 2.05) is 12.1 Å². The Morgan fingerprint density at radius 2 is 2.15 bits per heavy atom. The quantitative estimate of drug-likeness (QED) is 0.840. The molecule has 0 bridgehead atoms. The predicted molar refractivity (Wildman–Crippen MR) is 89.0 cm³/mol. The molecule has 0 radical (unpaired) electrons. The number of halogens is 1. The van der Waals surface area contributed by atoms with Gasteiger partial charge in [0.05, 0.1) is 15.6 Å². The molecule has 1 amide bonds. The van der Waals surface area contributed by atoms with E-state index in [0.717, 1.165) is 11.3 Å². The first-order valence-electron chi connectivity index (χ1n) is 6.00. The van der Waals surface area contributed by atoms with Gasteiger partial charge in [-0.25, -0.2) is 0 Å². The van der Waals surface area contributed by atoms with Crippen molar-refractivity contribution in [1.29, 1.82) is 0 Å². The Bertz CT molecular complexity index is 667. The van der Waals surface area contributed by atoms with Gasteiger partial charge in [-0.3, -0.25) is 4.79 Å². The fourth-order valence-electron chi connectivity index (χ4n) is 1.65. The number of nitrogens with two attached hydrogens (primary N) is 1. The van der Waals surface area contributed by atoms with Crippen molar-refractivity contribution in [3.63, 3.8) is 0 Å². The van der Waals surface area contributed by atoms with Crippen LogP contribution < -0.4 is 11.1 Å². The van der Waals surface area contributed by atoms with Crippen LogP contribution in [0.15, 0.2) is 30.3 Å². The Kier molecular flexibility index (Phi) is 4.75. The standard InChI is InChI=1S/C14H13ClN2OS2/c1-2-9-4-6-12(20-9)14(18)17-11-7-8(13(16)19)3-5-10(11)15/h3-7H,2H2,1H3,(H2,16,19)(H,17,18). The minimum atomic E-state index is -0.184. The molecule has 0 fully saturated rings. The molecule has 2 rings (SSSR count). The molecular formula is C14H13ClN2OS2. The number of benzene rings is 1. The molecule has 0 saturated carbocycles. The summed E-state index contributed by atoms with van der Waals surface area (Å²) in [6.45, 7) is 2.05. The first-order valence-corrected chi connectivity index (χ1v) is 7.61. The van der Waals surface area contributed by atoms with Gasteiger partial charge in [-0.15, -0.1) is 11.3 Å². The molecule has 3 nitrogen and oxygen atoms in total. The third kappa shape index (κ3) is 3.36. The van der Waals surface area contributed by atoms with Crippen molar-refractivity contribution in [3.8, 4) is 0 Å². The normalized spacial score (nSPS) is 10.3. The highest BCUT2D eigenvalue weighted by molar-refractivity contribution is 7.80. The van der Waals surface area contributed by atoms with Gasteiger partial charge in [0, 0.05) is 10.4 Å². The topological polar surface area (TPSA) is 55.1 Å². The maximum atomic E-state index is 12.2. The zero-order chi connectivity index (χ0) is 14.7. The van der Waals surface area contributed by atoms with E-state index in [1.165, 1.54) is 11.3 Å². The number of rotatable bonds is 4. The first-order chi connectivity index (χ1) is 9.51. The molecule has 0 spiro atoms. The number of thiophene rings is 1. The Hall–Kier alpha value is -1.43. The summed E-state index contributed by atoms with van der Waals surface area (Å²) in [5.74, 6) is -0.184. The van der Waals surface area contributed by atoms with Crippen molar-refractivity contribution in [1.82, 2.24) is 0 Å². The fraction of sp³-hybridized carbons (Fsp3) is 0.143. The van der Waals surface area contributed by atoms with Gasteiger partial charge in [0.25, 0.3) is 5.91 Å². The Morgan fingerprint density at radius 1 is 1.40 bits per heavy atom. The summed E-state index contributed by atoms with van der Waals surface area (Å²) >= 11 is 12.5. The Labute approximate surface area is 131 Å². The molecular weight excluding hydrogens is 312 g/mol. The van der Waals surface area contributed by atoms with Gasteiger partial charge in [-0.05, 0) is 30.7 Å². The van der Waals surface area contributed by atoms with Crippen molar-refractivity contribution in [2.75, 3.05) is 5.32 Å². The SMILES string of the molecule is CCc1ccc(C(=O)Nc2cc(C(N)=S)ccc2Cl)s1. The highest BCUT2D eigenvalue weighted by Gasteiger charge is 2.12. The number of anilines is 1. The summed E-state index contributed by atoms with van der Waals surface area (Å²) in [4.78, 5) is 14.2. The molecule has 6 heteroatoms. The lowest BCUT2D eigenvalue weighted by Gasteiger charge is -2.08. The highest BCUT2D eigenvalue weighted by atomic mass is 35.5. The number of thiocarbonyl (C=S) groups is 1. The van der Waals surface area contributed by atoms with Crippen LogP contribution in [0.1, 0.15) is 27.0 Å². The Morgan fingerprint density at radius 3 is 2.75 bits per heavy atom. The molecule has 0 aliphatic heterocycles. The molecule has 20 heavy (non-hydrogen) atoms. The van der Waals surface area contributed by atoms with E-state index in [0.29, 0.717) is 21.2 Å². The number of nitrogens with one attached hydrogen (secondary N) is 1. The van der Waals surface area contributed by atoms with Crippen LogP contribution in [0.3, 0.4) is 0 Å². The first kappa shape index (κ1) is 15.0. The number of hydrogen-bond donors (Lipinski definition) is 2. The largest absolute Gasteiger partial charge is 0.389 e. The molecule has 0 unspecified atom stereocenters. The van der Waals surface area contributed by atoms with Crippen LogP contribution in [0.4, 0.5) is 5.69 Å². The number of amides is 1. The third-order valence-electron chi connectivity index (χ3n) is 2.73. The number of carbonyl (C=O) groups excluding carboxylic acids is 1. The average molecular weight is 325 g/mol. The summed E-state index contributed by atoms with van der Waals surface area (Å²) in [7, 11) is 0. The zero-order valence-electron chi connectivity index (χ0n) is 10.8. The van der Waals surface area contributed by atoms with E-state index in [4.69, 9.17) is 29.6 Å². The zero-order valence-corrected chi connectivity index (χ0v) is 13.2. The van der Waals surface area contributed by atoms with Gasteiger partial charge in [-0.1, -0.05) is 36.8 Å². The highest BCUT2D eigenvalue weighted by Crippen LogP contribution is 2.25. The van der Waals surface area contributed by atoms with Gasteiger partial charge < -0.3 is 11.1 Å². The van der Waals surface area contributed by atoms with E-state index in [1.54, 1.807) is 18.2 Å². The second-order valence-electron chi connectivity index (χ2n) is 4.13. The maximum Gasteiger partial charge on any atom is 0.265 e. The predicted octanol–water partition coefficient (Wildman–Crippen LogP) is 3.85. The fourth-order valence-corrected chi connectivity index (χ4v) is 2.78. The van der Waals surface area contributed by atoms with E-state index in [-0.39, 0.29) is 10.9 Å². The smallest absolute Gasteiger partial charge is 0.265 e. The van der Waals surface area contributed by atoms with Crippen LogP contribution in [0.2, 0.25) is 5.02 Å². The maximum absolute atomic E-state index is 12.2. The number of carbonyl (C=O) groups is 1. The van der Waals surface area contributed by atoms with Crippen LogP contribution in [0.25, 0.3) is 0 Å². The lowest BCUT2D eigenvalue weighted by atomic mass is 10.2. The molecule has 104 valence electrons. The molecule has 1 heterocycles. The minimum absolute atomic E-state index is 0.184. The summed E-state index contributed by atoms with van der Waals surface area (Å²) in [6, 6.07) is 8.83. The summed E-state index contributed by atoms with van der Waals surface area (Å²) in [6.07, 6.45) is 0.912. The van der Waals surface area contributed by atoms with Gasteiger partial charge in [0.2, 0.25) is 0 Å². The minimum Gasteiger partial charge on any atom is -0.389 e. The second-order valence-corrected chi connectivity index (χ2v) is 6.15. The average Bonchev–Trinajstić information content (AvgIpc) is 2.89. The Balaban J connectivity index is 2.22. The molecule has 0 atom stereocenters. The monoisotopic (exact) mass is 324 g/mol. The van der Waals surface area contributed by atoms with Gasteiger partial charge in [-0.2, -0.15) is 0 Å². The molecule has 1 aromatic carbocycles. The summed E-state index contributed by atoms with van der Waals surface area (Å²) in [5.41, 5.74) is 6.75. The lowest BCUT2D eigenvalue weighted by Crippen LogP contribution is -2.13. The van der Waals surface area contributed by atoms with Gasteiger partial charge in [0.15, 0.2) is 0 Å². The summed E-state index contributed by atoms with van der Waals surface area (Å²) in [5, 5.41) is 3.23. The third-order valence-corrected chi connectivity index (χ3v) is 4.53. The van der Waals surface area contributed by atoms with Crippen molar-refractivity contribution in [3.05, 3.63) is 50.7 Å². The van der Waals surface area contributed by atoms with Crippen molar-refractivity contribution in [2.45, 2.75) is 13.3 Å². The van der Waals surface area contributed by atoms with Crippen LogP contribution in [-0.2, 0) is 6.42 Å². The molecule has 1 aromatic heterocycles. The van der Waals surface area contributed by atoms with E-state index in [2.05, 4.69) is 12.2 Å². The summed E-state index contributed by atoms with van der Waals surface area (Å²) < 4.78 is 0. The van der Waals surface area contributed by atoms with Crippen molar-refractivity contribution >= 4 is 51.7 Å². The number of aryl methyl sites for hydroxylation is 1. The van der Waals surface area contributed by atoms with Crippen LogP contribution in [0, 0.1) is 0 Å². The number of hydrogen-bond acceptors (Lipinski definition) is 3. The van der Waals surface area contributed by atoms with Gasteiger partial charge >= 0.3 is 0 Å². The van der Waals surface area contributed by atoms with E-state index in [9.17, 15) is 4.79 Å². The molecule has 0 aliphatic carbocycles. The van der Waals surface area contributed by atoms with Crippen molar-refractivity contribution in [2.24, 2.45) is 5.73 Å². The van der Waals surface area contributed by atoms with E-state index >= 15 is 0 Å². The second kappa shape index (κ2) is 6.35. The molecule has 0 saturated heterocycles. The van der Waals surface area contributed by atoms with Crippen LogP contribution in [-0.4, -0.2) is 10.9 Å². The van der Waals surface area contributed by atoms with Crippen LogP contribution in [0.5, 0.6) is 0 Å².